The normalized spacial score (nSPS) is 14.8. The number of rotatable bonds is 2. The third-order valence-electron chi connectivity index (χ3n) is 3.97. The van der Waals surface area contributed by atoms with Crippen LogP contribution in [-0.4, -0.2) is 34.0 Å². The topological polar surface area (TPSA) is 53.4 Å². The van der Waals surface area contributed by atoms with Gasteiger partial charge in [0, 0.05) is 30.9 Å². The molecule has 2 heterocycles. The Morgan fingerprint density at radius 2 is 1.96 bits per heavy atom. The monoisotopic (exact) mass is 334 g/mol. The van der Waals surface area contributed by atoms with Crippen LogP contribution in [0.4, 0.5) is 4.39 Å². The SMILES string of the molecule is O=C(c1ccc(-c2cc(Cl)c(O)cc2F)nc1)N1CCCCC1. The van der Waals surface area contributed by atoms with E-state index in [4.69, 9.17) is 11.6 Å². The van der Waals surface area contributed by atoms with Crippen molar-refractivity contribution in [2.75, 3.05) is 13.1 Å². The first kappa shape index (κ1) is 15.7. The average Bonchev–Trinajstić information content (AvgIpc) is 2.58. The number of amides is 1. The smallest absolute Gasteiger partial charge is 0.255 e. The number of carbonyl (C=O) groups excluding carboxylic acids is 1. The van der Waals surface area contributed by atoms with Gasteiger partial charge in [-0.2, -0.15) is 0 Å². The summed E-state index contributed by atoms with van der Waals surface area (Å²) in [6, 6.07) is 5.50. The summed E-state index contributed by atoms with van der Waals surface area (Å²) in [7, 11) is 0. The first-order valence-corrected chi connectivity index (χ1v) is 7.88. The molecule has 2 aromatic rings. The maximum Gasteiger partial charge on any atom is 0.255 e. The third kappa shape index (κ3) is 3.29. The van der Waals surface area contributed by atoms with Crippen LogP contribution in [0.5, 0.6) is 5.75 Å². The van der Waals surface area contributed by atoms with E-state index < -0.39 is 5.82 Å². The third-order valence-corrected chi connectivity index (χ3v) is 4.27. The summed E-state index contributed by atoms with van der Waals surface area (Å²) in [6.45, 7) is 1.53. The fourth-order valence-electron chi connectivity index (χ4n) is 2.69. The van der Waals surface area contributed by atoms with E-state index in [9.17, 15) is 14.3 Å². The molecule has 0 bridgehead atoms. The van der Waals surface area contributed by atoms with Crippen molar-refractivity contribution < 1.29 is 14.3 Å². The summed E-state index contributed by atoms with van der Waals surface area (Å²) >= 11 is 5.81. The highest BCUT2D eigenvalue weighted by atomic mass is 35.5. The molecule has 0 radical (unpaired) electrons. The number of carbonyl (C=O) groups is 1. The number of piperidine rings is 1. The van der Waals surface area contributed by atoms with E-state index in [1.165, 1.54) is 12.3 Å². The van der Waals surface area contributed by atoms with E-state index in [1.54, 1.807) is 12.1 Å². The van der Waals surface area contributed by atoms with Gasteiger partial charge in [-0.3, -0.25) is 9.78 Å². The lowest BCUT2D eigenvalue weighted by Crippen LogP contribution is -2.35. The highest BCUT2D eigenvalue weighted by Crippen LogP contribution is 2.31. The quantitative estimate of drug-likeness (QED) is 0.907. The molecular formula is C17H16ClFN2O2. The Balaban J connectivity index is 1.84. The lowest BCUT2D eigenvalue weighted by Gasteiger charge is -2.26. The molecule has 6 heteroatoms. The van der Waals surface area contributed by atoms with Crippen molar-refractivity contribution in [3.05, 3.63) is 46.9 Å². The number of phenols is 1. The van der Waals surface area contributed by atoms with Gasteiger partial charge in [0.15, 0.2) is 0 Å². The van der Waals surface area contributed by atoms with Gasteiger partial charge in [-0.15, -0.1) is 0 Å². The van der Waals surface area contributed by atoms with Gasteiger partial charge >= 0.3 is 0 Å². The van der Waals surface area contributed by atoms with E-state index in [1.807, 2.05) is 4.90 Å². The van der Waals surface area contributed by atoms with Crippen LogP contribution in [0.25, 0.3) is 11.3 Å². The van der Waals surface area contributed by atoms with Gasteiger partial charge in [-0.1, -0.05) is 11.6 Å². The van der Waals surface area contributed by atoms with Crippen molar-refractivity contribution in [3.8, 4) is 17.0 Å². The summed E-state index contributed by atoms with van der Waals surface area (Å²) in [6.07, 6.45) is 4.65. The highest BCUT2D eigenvalue weighted by molar-refractivity contribution is 6.32. The summed E-state index contributed by atoms with van der Waals surface area (Å²) in [4.78, 5) is 18.4. The van der Waals surface area contributed by atoms with Crippen LogP contribution in [0.2, 0.25) is 5.02 Å². The zero-order chi connectivity index (χ0) is 16.4. The average molecular weight is 335 g/mol. The molecule has 23 heavy (non-hydrogen) atoms. The molecule has 1 saturated heterocycles. The van der Waals surface area contributed by atoms with Crippen molar-refractivity contribution in [1.29, 1.82) is 0 Å². The molecular weight excluding hydrogens is 319 g/mol. The Hall–Kier alpha value is -2.14. The molecule has 1 aliphatic heterocycles. The maximum absolute atomic E-state index is 13.9. The van der Waals surface area contributed by atoms with E-state index in [-0.39, 0.29) is 22.2 Å². The molecule has 4 nitrogen and oxygen atoms in total. The molecule has 0 aliphatic carbocycles. The molecule has 0 atom stereocenters. The van der Waals surface area contributed by atoms with Crippen molar-refractivity contribution in [2.45, 2.75) is 19.3 Å². The maximum atomic E-state index is 13.9. The van der Waals surface area contributed by atoms with Crippen LogP contribution in [-0.2, 0) is 0 Å². The second-order valence-corrected chi connectivity index (χ2v) is 5.98. The van der Waals surface area contributed by atoms with Crippen LogP contribution < -0.4 is 0 Å². The van der Waals surface area contributed by atoms with Crippen molar-refractivity contribution in [1.82, 2.24) is 9.88 Å². The first-order valence-electron chi connectivity index (χ1n) is 7.50. The molecule has 1 amide bonds. The molecule has 3 rings (SSSR count). The minimum atomic E-state index is -0.616. The molecule has 120 valence electrons. The van der Waals surface area contributed by atoms with Crippen LogP contribution in [0.15, 0.2) is 30.5 Å². The summed E-state index contributed by atoms with van der Waals surface area (Å²) < 4.78 is 13.9. The molecule has 0 saturated carbocycles. The largest absolute Gasteiger partial charge is 0.506 e. The van der Waals surface area contributed by atoms with Crippen molar-refractivity contribution >= 4 is 17.5 Å². The van der Waals surface area contributed by atoms with Crippen molar-refractivity contribution in [2.24, 2.45) is 0 Å². The minimum Gasteiger partial charge on any atom is -0.506 e. The first-order chi connectivity index (χ1) is 11.1. The van der Waals surface area contributed by atoms with Gasteiger partial charge in [0.05, 0.1) is 16.3 Å². The van der Waals surface area contributed by atoms with Gasteiger partial charge in [-0.05, 0) is 37.5 Å². The number of likely N-dealkylation sites (tertiary alicyclic amines) is 1. The molecule has 1 fully saturated rings. The predicted octanol–water partition coefficient (Wildman–Crippen LogP) is 3.87. The summed E-state index contributed by atoms with van der Waals surface area (Å²) in [5.74, 6) is -0.979. The number of aromatic hydroxyl groups is 1. The molecule has 1 aromatic carbocycles. The van der Waals surface area contributed by atoms with Crippen LogP contribution in [0.1, 0.15) is 29.6 Å². The van der Waals surface area contributed by atoms with Crippen LogP contribution in [0.3, 0.4) is 0 Å². The number of halogens is 2. The molecule has 0 unspecified atom stereocenters. The lowest BCUT2D eigenvalue weighted by molar-refractivity contribution is 0.0724. The second kappa shape index (κ2) is 6.54. The Morgan fingerprint density at radius 3 is 2.61 bits per heavy atom. The fourth-order valence-corrected chi connectivity index (χ4v) is 2.86. The highest BCUT2D eigenvalue weighted by Gasteiger charge is 2.19. The zero-order valence-electron chi connectivity index (χ0n) is 12.4. The van der Waals surface area contributed by atoms with Crippen LogP contribution >= 0.6 is 11.6 Å². The number of pyridine rings is 1. The van der Waals surface area contributed by atoms with Gasteiger partial charge in [0.25, 0.3) is 5.91 Å². The number of hydrogen-bond donors (Lipinski definition) is 1. The van der Waals surface area contributed by atoms with E-state index in [0.29, 0.717) is 11.3 Å². The Labute approximate surface area is 138 Å². The lowest BCUT2D eigenvalue weighted by atomic mass is 10.1. The standard InChI is InChI=1S/C17H16ClFN2O2/c18-13-8-12(14(19)9-16(13)22)15-5-4-11(10-20-15)17(23)21-6-2-1-3-7-21/h4-5,8-10,22H,1-3,6-7H2. The second-order valence-electron chi connectivity index (χ2n) is 5.57. The van der Waals surface area contributed by atoms with Gasteiger partial charge in [0.1, 0.15) is 11.6 Å². The number of nitrogens with zero attached hydrogens (tertiary/aromatic N) is 2. The Kier molecular flexibility index (Phi) is 4.48. The number of hydrogen-bond acceptors (Lipinski definition) is 3. The van der Waals surface area contributed by atoms with E-state index >= 15 is 0 Å². The molecule has 0 spiro atoms. The summed E-state index contributed by atoms with van der Waals surface area (Å²) in [5.41, 5.74) is 1.03. The predicted molar refractivity (Wildman–Crippen MR) is 86.1 cm³/mol. The number of phenolic OH excluding ortho intramolecular Hbond substituents is 1. The minimum absolute atomic E-state index is 0.0482. The number of benzene rings is 1. The Bertz CT molecular complexity index is 728. The van der Waals surface area contributed by atoms with E-state index in [0.717, 1.165) is 38.4 Å². The van der Waals surface area contributed by atoms with Crippen LogP contribution in [0, 0.1) is 5.82 Å². The Morgan fingerprint density at radius 1 is 1.22 bits per heavy atom. The number of aromatic nitrogens is 1. The molecule has 1 N–H and O–H groups in total. The van der Waals surface area contributed by atoms with Gasteiger partial charge in [-0.25, -0.2) is 4.39 Å². The van der Waals surface area contributed by atoms with E-state index in [2.05, 4.69) is 4.98 Å². The zero-order valence-corrected chi connectivity index (χ0v) is 13.2. The van der Waals surface area contributed by atoms with Crippen molar-refractivity contribution in [3.63, 3.8) is 0 Å². The molecule has 1 aliphatic rings. The van der Waals surface area contributed by atoms with Gasteiger partial charge in [0.2, 0.25) is 0 Å². The summed E-state index contributed by atoms with van der Waals surface area (Å²) in [5, 5.41) is 9.44. The molecule has 1 aromatic heterocycles. The fraction of sp³-hybridized carbons (Fsp3) is 0.294. The van der Waals surface area contributed by atoms with Gasteiger partial charge < -0.3 is 10.0 Å².